The van der Waals surface area contributed by atoms with E-state index in [1.807, 2.05) is 0 Å². The van der Waals surface area contributed by atoms with Gasteiger partial charge < -0.3 is 9.47 Å². The maximum Gasteiger partial charge on any atom is 0.0714 e. The van der Waals surface area contributed by atoms with Gasteiger partial charge in [-0.15, -0.1) is 0 Å². The predicted octanol–water partition coefficient (Wildman–Crippen LogP) is 21.0. The highest BCUT2D eigenvalue weighted by atomic mass is 15.1. The summed E-state index contributed by atoms with van der Waals surface area (Å²) in [4.78, 5) is 2.50. The molecule has 392 valence electrons. The zero-order valence-corrected chi connectivity index (χ0v) is 46.1. The van der Waals surface area contributed by atoms with Crippen molar-refractivity contribution >= 4 is 60.4 Å². The van der Waals surface area contributed by atoms with Gasteiger partial charge in [-0.3, -0.25) is 0 Å². The maximum absolute atomic E-state index is 2.51. The second-order valence-electron chi connectivity index (χ2n) is 22.6. The van der Waals surface area contributed by atoms with E-state index in [2.05, 4.69) is 337 Å². The largest absolute Gasteiger partial charge is 0.310 e. The lowest BCUT2D eigenvalue weighted by molar-refractivity contribution is 0.768. The highest BCUT2D eigenvalue weighted by molar-refractivity contribution is 6.14. The fraction of sp³-hybridized carbons (Fsp3) is 0.0244. The van der Waals surface area contributed by atoms with Crippen LogP contribution in [-0.2, 0) is 10.8 Å². The van der Waals surface area contributed by atoms with Crippen molar-refractivity contribution in [2.45, 2.75) is 10.8 Å². The minimum atomic E-state index is -0.577. The summed E-state index contributed by atoms with van der Waals surface area (Å²) in [5, 5.41) is 7.38. The van der Waals surface area contributed by atoms with Crippen molar-refractivity contribution in [3.63, 3.8) is 0 Å². The van der Waals surface area contributed by atoms with Crippen molar-refractivity contribution in [1.82, 2.24) is 4.57 Å². The fourth-order valence-electron chi connectivity index (χ4n) is 15.1. The third-order valence-electron chi connectivity index (χ3n) is 18.5. The highest BCUT2D eigenvalue weighted by Crippen LogP contribution is 2.59. The van der Waals surface area contributed by atoms with E-state index < -0.39 is 10.8 Å². The molecule has 0 amide bonds. The number of para-hydroxylation sites is 1. The van der Waals surface area contributed by atoms with Gasteiger partial charge in [0.15, 0.2) is 0 Å². The zero-order chi connectivity index (χ0) is 55.3. The van der Waals surface area contributed by atoms with Gasteiger partial charge in [-0.25, -0.2) is 0 Å². The lowest BCUT2D eigenvalue weighted by Crippen LogP contribution is -2.28. The lowest BCUT2D eigenvalue weighted by Gasteiger charge is -2.35. The Labute approximate surface area is 489 Å². The maximum atomic E-state index is 2.51. The van der Waals surface area contributed by atoms with Crippen LogP contribution in [0, 0.1) is 0 Å². The number of benzene rings is 14. The first-order valence-corrected chi connectivity index (χ1v) is 29.2. The average molecular weight is 1070 g/mol. The van der Waals surface area contributed by atoms with Gasteiger partial charge in [0.25, 0.3) is 0 Å². The van der Waals surface area contributed by atoms with Crippen LogP contribution in [0.4, 0.5) is 17.1 Å². The molecule has 17 rings (SSSR count). The lowest BCUT2D eigenvalue weighted by atomic mass is 9.67. The van der Waals surface area contributed by atoms with E-state index >= 15 is 0 Å². The third-order valence-corrected chi connectivity index (χ3v) is 18.5. The smallest absolute Gasteiger partial charge is 0.0714 e. The number of rotatable bonds is 9. The molecular weight excluding hydrogens is 1010 g/mol. The molecule has 0 bridgehead atoms. The van der Waals surface area contributed by atoms with Crippen molar-refractivity contribution in [3.8, 4) is 39.1 Å². The molecule has 2 aliphatic carbocycles. The molecule has 0 aliphatic heterocycles. The Kier molecular flexibility index (Phi) is 10.8. The van der Waals surface area contributed by atoms with E-state index in [-0.39, 0.29) is 0 Å². The number of hydrogen-bond acceptors (Lipinski definition) is 1. The van der Waals surface area contributed by atoms with Crippen molar-refractivity contribution in [2.75, 3.05) is 4.90 Å². The molecule has 0 atom stereocenters. The second kappa shape index (κ2) is 18.9. The molecule has 15 aromatic rings. The summed E-state index contributed by atoms with van der Waals surface area (Å²) < 4.78 is 2.46. The van der Waals surface area contributed by atoms with E-state index in [9.17, 15) is 0 Å². The summed E-state index contributed by atoms with van der Waals surface area (Å²) in [5.41, 5.74) is 23.1. The first-order valence-electron chi connectivity index (χ1n) is 29.2. The van der Waals surface area contributed by atoms with Gasteiger partial charge in [0.1, 0.15) is 0 Å². The molecule has 0 saturated carbocycles. The Hall–Kier alpha value is -10.8. The summed E-state index contributed by atoms with van der Waals surface area (Å²) in [6.45, 7) is 0. The SMILES string of the molecule is c1ccc(-n2c3ccc(N(c4ccc(-c5cc6ccccc6c6ccccc56)cc4)c4ccc5c(c4)C(c4ccccc4)(c4ccccc4)c4ccccc4-5)cc3c3cc(C4(c5ccccc5)c5ccccc5-c5ccccc54)ccc32)cc1. The summed E-state index contributed by atoms with van der Waals surface area (Å²) >= 11 is 0. The van der Waals surface area contributed by atoms with Crippen LogP contribution in [0.1, 0.15) is 44.5 Å². The van der Waals surface area contributed by atoms with Crippen molar-refractivity contribution in [2.24, 2.45) is 0 Å². The standard InChI is InChI=1S/C82H54N2/c1-5-24-57(25-6-1)81(58-26-7-2-8-27-58)75-38-20-19-37-70(75)71-48-46-64(54-78(71)81)83(62-44-41-55(42-45-62)72-51-56-23-13-14-32-65(56)66-33-15-16-34-67(66)72)63-47-50-80-74(53-63)73-52-60(43-49-79(73)84(80)61-30-11-4-12-31-61)82(59-28-9-3-10-29-59)76-39-21-17-35-68(76)69-36-18-22-40-77(69)82/h1-54H. The van der Waals surface area contributed by atoms with Gasteiger partial charge in [-0.1, -0.05) is 255 Å². The average Bonchev–Trinajstić information content (AvgIpc) is 1.76. The van der Waals surface area contributed by atoms with Crippen LogP contribution in [0.3, 0.4) is 0 Å². The topological polar surface area (TPSA) is 8.17 Å². The van der Waals surface area contributed by atoms with Crippen LogP contribution < -0.4 is 4.90 Å². The van der Waals surface area contributed by atoms with Crippen molar-refractivity contribution in [1.29, 1.82) is 0 Å². The molecule has 14 aromatic carbocycles. The van der Waals surface area contributed by atoms with E-state index in [1.165, 1.54) is 110 Å². The molecule has 0 spiro atoms. The second-order valence-corrected chi connectivity index (χ2v) is 22.6. The zero-order valence-electron chi connectivity index (χ0n) is 46.1. The summed E-state index contributed by atoms with van der Waals surface area (Å²) in [6, 6.07) is 122. The van der Waals surface area contributed by atoms with Crippen LogP contribution in [0.25, 0.3) is 82.4 Å². The van der Waals surface area contributed by atoms with Crippen LogP contribution in [0.5, 0.6) is 0 Å². The first kappa shape index (κ1) is 48.0. The van der Waals surface area contributed by atoms with E-state index in [1.54, 1.807) is 0 Å². The molecule has 0 unspecified atom stereocenters. The molecule has 0 fully saturated rings. The molecule has 1 heterocycles. The normalized spacial score (nSPS) is 13.4. The van der Waals surface area contributed by atoms with Crippen molar-refractivity contribution < 1.29 is 0 Å². The predicted molar refractivity (Wildman–Crippen MR) is 351 cm³/mol. The molecule has 84 heavy (non-hydrogen) atoms. The molecular formula is C82H54N2. The van der Waals surface area contributed by atoms with Crippen LogP contribution >= 0.6 is 0 Å². The monoisotopic (exact) mass is 1070 g/mol. The van der Waals surface area contributed by atoms with E-state index in [0.29, 0.717) is 0 Å². The van der Waals surface area contributed by atoms with Gasteiger partial charge in [0, 0.05) is 33.5 Å². The quantitative estimate of drug-likeness (QED) is 0.131. The van der Waals surface area contributed by atoms with Crippen LogP contribution in [-0.4, -0.2) is 4.57 Å². The number of anilines is 3. The Morgan fingerprint density at radius 2 is 0.667 bits per heavy atom. The molecule has 2 heteroatoms. The minimum Gasteiger partial charge on any atom is -0.310 e. The molecule has 2 aliphatic rings. The number of hydrogen-bond donors (Lipinski definition) is 0. The molecule has 0 N–H and O–H groups in total. The molecule has 2 nitrogen and oxygen atoms in total. The van der Waals surface area contributed by atoms with Crippen LogP contribution in [0.15, 0.2) is 328 Å². The fourth-order valence-corrected chi connectivity index (χ4v) is 15.1. The summed E-state index contributed by atoms with van der Waals surface area (Å²) in [7, 11) is 0. The Balaban J connectivity index is 0.927. The Bertz CT molecular complexity index is 4970. The molecule has 0 saturated heterocycles. The summed E-state index contributed by atoms with van der Waals surface area (Å²) in [5.74, 6) is 0. The van der Waals surface area contributed by atoms with Gasteiger partial charge in [0.2, 0.25) is 0 Å². The minimum absolute atomic E-state index is 0.558. The van der Waals surface area contributed by atoms with Gasteiger partial charge >= 0.3 is 0 Å². The van der Waals surface area contributed by atoms with Gasteiger partial charge in [0.05, 0.1) is 21.9 Å². The highest BCUT2D eigenvalue weighted by Gasteiger charge is 2.48. The number of fused-ring (bicyclic) bond motifs is 12. The summed E-state index contributed by atoms with van der Waals surface area (Å²) in [6.07, 6.45) is 0. The Morgan fingerprint density at radius 3 is 1.26 bits per heavy atom. The van der Waals surface area contributed by atoms with E-state index in [4.69, 9.17) is 0 Å². The van der Waals surface area contributed by atoms with Crippen molar-refractivity contribution in [3.05, 3.63) is 372 Å². The van der Waals surface area contributed by atoms with Crippen LogP contribution in [0.2, 0.25) is 0 Å². The van der Waals surface area contributed by atoms with Gasteiger partial charge in [-0.05, 0) is 172 Å². The molecule has 0 radical (unpaired) electrons. The molecule has 1 aromatic heterocycles. The number of nitrogens with zero attached hydrogens (tertiary/aromatic N) is 2. The first-order chi connectivity index (χ1) is 41.7. The third kappa shape index (κ3) is 6.92. The Morgan fingerprint density at radius 1 is 0.238 bits per heavy atom. The van der Waals surface area contributed by atoms with E-state index in [0.717, 1.165) is 33.8 Å². The number of aromatic nitrogens is 1. The van der Waals surface area contributed by atoms with Gasteiger partial charge in [-0.2, -0.15) is 0 Å².